The van der Waals surface area contributed by atoms with Gasteiger partial charge >= 0.3 is 12.4 Å². The number of rotatable bonds is 3. The number of halogens is 6. The largest absolute Gasteiger partial charge is 0.433 e. The Balaban J connectivity index is 1.94. The molecule has 2 N–H and O–H groups in total. The van der Waals surface area contributed by atoms with Gasteiger partial charge in [0, 0.05) is 13.0 Å². The molecule has 1 aromatic heterocycles. The predicted molar refractivity (Wildman–Crippen MR) is 99.5 cm³/mol. The van der Waals surface area contributed by atoms with Gasteiger partial charge in [0.25, 0.3) is 0 Å². The van der Waals surface area contributed by atoms with Crippen molar-refractivity contribution in [3.8, 4) is 6.07 Å². The van der Waals surface area contributed by atoms with Crippen molar-refractivity contribution in [1.29, 1.82) is 5.26 Å². The van der Waals surface area contributed by atoms with Crippen molar-refractivity contribution in [2.45, 2.75) is 18.8 Å². The number of pyridine rings is 1. The van der Waals surface area contributed by atoms with Crippen molar-refractivity contribution in [3.63, 3.8) is 0 Å². The fourth-order valence-electron chi connectivity index (χ4n) is 3.03. The molecule has 0 unspecified atom stereocenters. The third kappa shape index (κ3) is 4.74. The monoisotopic (exact) mass is 457 g/mol. The van der Waals surface area contributed by atoms with E-state index in [0.717, 1.165) is 4.90 Å². The molecular weight excluding hydrogens is 444 g/mol. The quantitative estimate of drug-likeness (QED) is 0.684. The molecule has 0 bridgehead atoms. The molecule has 3 rings (SSSR count). The average Bonchev–Trinajstić information content (AvgIpc) is 2.88. The first-order valence-electron chi connectivity index (χ1n) is 8.94. The van der Waals surface area contributed by atoms with Crippen LogP contribution in [-0.4, -0.2) is 29.9 Å². The molecule has 0 spiro atoms. The maximum atomic E-state index is 13.2. The third-order valence-corrected chi connectivity index (χ3v) is 4.47. The van der Waals surface area contributed by atoms with E-state index in [2.05, 4.69) is 15.6 Å². The molecule has 168 valence electrons. The SMILES string of the molecule is N#Cc1c(C(F)(F)F)cc(C(F)(F)F)nc1NCC(=O)N1CCC(=O)Nc2ccccc21. The number of benzene rings is 1. The molecule has 13 heteroatoms. The van der Waals surface area contributed by atoms with Gasteiger partial charge in [0.2, 0.25) is 11.8 Å². The Hall–Kier alpha value is -3.82. The summed E-state index contributed by atoms with van der Waals surface area (Å²) < 4.78 is 78.9. The molecule has 0 fully saturated rings. The first kappa shape index (κ1) is 22.9. The van der Waals surface area contributed by atoms with Gasteiger partial charge in [-0.1, -0.05) is 12.1 Å². The molecule has 2 amide bonds. The van der Waals surface area contributed by atoms with Crippen molar-refractivity contribution in [2.75, 3.05) is 28.6 Å². The molecule has 1 aliphatic heterocycles. The maximum absolute atomic E-state index is 13.2. The summed E-state index contributed by atoms with van der Waals surface area (Å²) in [5.74, 6) is -2.16. The third-order valence-electron chi connectivity index (χ3n) is 4.47. The molecule has 2 heterocycles. The van der Waals surface area contributed by atoms with Gasteiger partial charge < -0.3 is 15.5 Å². The van der Waals surface area contributed by atoms with Gasteiger partial charge in [-0.25, -0.2) is 4.98 Å². The normalized spacial score (nSPS) is 14.2. The Labute approximate surface area is 176 Å². The zero-order valence-corrected chi connectivity index (χ0v) is 15.9. The van der Waals surface area contributed by atoms with Crippen LogP contribution in [0.15, 0.2) is 30.3 Å². The van der Waals surface area contributed by atoms with Gasteiger partial charge in [-0.15, -0.1) is 0 Å². The lowest BCUT2D eigenvalue weighted by Gasteiger charge is -2.23. The zero-order valence-electron chi connectivity index (χ0n) is 15.9. The second-order valence-electron chi connectivity index (χ2n) is 6.60. The number of carbonyl (C=O) groups excluding carboxylic acids is 2. The van der Waals surface area contributed by atoms with Crippen molar-refractivity contribution in [1.82, 2.24) is 4.98 Å². The first-order chi connectivity index (χ1) is 14.9. The van der Waals surface area contributed by atoms with E-state index in [1.807, 2.05) is 0 Å². The smallest absolute Gasteiger partial charge is 0.360 e. The number of aromatic nitrogens is 1. The summed E-state index contributed by atoms with van der Waals surface area (Å²) in [7, 11) is 0. The summed E-state index contributed by atoms with van der Waals surface area (Å²) in [4.78, 5) is 28.8. The summed E-state index contributed by atoms with van der Waals surface area (Å²) in [6.45, 7) is -0.846. The second-order valence-corrected chi connectivity index (χ2v) is 6.60. The van der Waals surface area contributed by atoms with Crippen LogP contribution in [0.2, 0.25) is 0 Å². The summed E-state index contributed by atoms with van der Waals surface area (Å²) >= 11 is 0. The van der Waals surface area contributed by atoms with Crippen LogP contribution in [0.4, 0.5) is 43.5 Å². The highest BCUT2D eigenvalue weighted by Gasteiger charge is 2.41. The first-order valence-corrected chi connectivity index (χ1v) is 8.94. The van der Waals surface area contributed by atoms with Gasteiger partial charge in [0.1, 0.15) is 23.1 Å². The number of hydrogen-bond donors (Lipinski definition) is 2. The fourth-order valence-corrected chi connectivity index (χ4v) is 3.03. The number of fused-ring (bicyclic) bond motifs is 1. The minimum atomic E-state index is -5.26. The Morgan fingerprint density at radius 2 is 1.88 bits per heavy atom. The Kier molecular flexibility index (Phi) is 5.98. The number of nitrogens with one attached hydrogen (secondary N) is 2. The number of amides is 2. The van der Waals surface area contributed by atoms with Crippen molar-refractivity contribution >= 4 is 29.0 Å². The number of hydrogen-bond acceptors (Lipinski definition) is 5. The van der Waals surface area contributed by atoms with Crippen LogP contribution in [-0.2, 0) is 21.9 Å². The molecule has 1 aliphatic rings. The second kappa shape index (κ2) is 8.37. The van der Waals surface area contributed by atoms with E-state index >= 15 is 0 Å². The summed E-state index contributed by atoms with van der Waals surface area (Å²) in [6, 6.07) is 7.18. The Morgan fingerprint density at radius 1 is 1.19 bits per heavy atom. The number of para-hydroxylation sites is 2. The number of nitriles is 1. The van der Waals surface area contributed by atoms with E-state index in [1.54, 1.807) is 12.1 Å². The van der Waals surface area contributed by atoms with Crippen LogP contribution in [0.25, 0.3) is 0 Å². The van der Waals surface area contributed by atoms with E-state index in [4.69, 9.17) is 5.26 Å². The molecule has 1 aromatic carbocycles. The molecule has 0 saturated heterocycles. The molecule has 0 saturated carbocycles. The molecule has 2 aromatic rings. The Morgan fingerprint density at radius 3 is 2.50 bits per heavy atom. The topological polar surface area (TPSA) is 98.1 Å². The summed E-state index contributed by atoms with van der Waals surface area (Å²) in [5.41, 5.74) is -4.25. The lowest BCUT2D eigenvalue weighted by molar-refractivity contribution is -0.145. The number of carbonyl (C=O) groups is 2. The zero-order chi connectivity index (χ0) is 23.7. The number of alkyl halides is 6. The van der Waals surface area contributed by atoms with E-state index in [9.17, 15) is 35.9 Å². The van der Waals surface area contributed by atoms with Crippen LogP contribution in [0, 0.1) is 11.3 Å². The predicted octanol–water partition coefficient (Wildman–Crippen LogP) is 3.78. The molecule has 32 heavy (non-hydrogen) atoms. The van der Waals surface area contributed by atoms with Crippen LogP contribution >= 0.6 is 0 Å². The number of nitrogens with zero attached hydrogens (tertiary/aromatic N) is 3. The lowest BCUT2D eigenvalue weighted by Crippen LogP contribution is -2.36. The Bertz CT molecular complexity index is 1110. The highest BCUT2D eigenvalue weighted by molar-refractivity contribution is 6.04. The van der Waals surface area contributed by atoms with Crippen LogP contribution in [0.3, 0.4) is 0 Å². The van der Waals surface area contributed by atoms with Gasteiger partial charge in [0.15, 0.2) is 0 Å². The van der Waals surface area contributed by atoms with Crippen molar-refractivity contribution < 1.29 is 35.9 Å². The summed E-state index contributed by atoms with van der Waals surface area (Å²) in [6.07, 6.45) is -10.6. The van der Waals surface area contributed by atoms with Gasteiger partial charge in [-0.3, -0.25) is 9.59 Å². The number of anilines is 3. The average molecular weight is 457 g/mol. The van der Waals surface area contributed by atoms with E-state index < -0.39 is 47.4 Å². The standard InChI is InChI=1S/C19H13F6N5O2/c20-18(21,22)11-7-14(19(23,24)25)29-17(10(11)8-26)27-9-16(32)30-6-5-15(31)28-12-3-1-2-4-13(12)30/h1-4,7H,5-6,9H2,(H,27,29)(H,28,31). The van der Waals surface area contributed by atoms with Crippen LogP contribution in [0.5, 0.6) is 0 Å². The fraction of sp³-hybridized carbons (Fsp3) is 0.263. The van der Waals surface area contributed by atoms with E-state index in [1.165, 1.54) is 18.2 Å². The molecule has 7 nitrogen and oxygen atoms in total. The van der Waals surface area contributed by atoms with Crippen molar-refractivity contribution in [3.05, 3.63) is 47.2 Å². The van der Waals surface area contributed by atoms with Gasteiger partial charge in [-0.05, 0) is 18.2 Å². The highest BCUT2D eigenvalue weighted by atomic mass is 19.4. The van der Waals surface area contributed by atoms with E-state index in [-0.39, 0.29) is 24.9 Å². The molecular formula is C19H13F6N5O2. The molecule has 0 aliphatic carbocycles. The van der Waals surface area contributed by atoms with Gasteiger partial charge in [-0.2, -0.15) is 31.6 Å². The molecule has 0 atom stereocenters. The summed E-state index contributed by atoms with van der Waals surface area (Å²) in [5, 5.41) is 13.8. The van der Waals surface area contributed by atoms with E-state index in [0.29, 0.717) is 11.4 Å². The minimum absolute atomic E-state index is 0.0711. The highest BCUT2D eigenvalue weighted by Crippen LogP contribution is 2.38. The van der Waals surface area contributed by atoms with Gasteiger partial charge in [0.05, 0.1) is 23.5 Å². The molecule has 0 radical (unpaired) electrons. The minimum Gasteiger partial charge on any atom is -0.360 e. The maximum Gasteiger partial charge on any atom is 0.433 e. The van der Waals surface area contributed by atoms with Crippen LogP contribution < -0.4 is 15.5 Å². The lowest BCUT2D eigenvalue weighted by atomic mass is 10.1. The van der Waals surface area contributed by atoms with Crippen molar-refractivity contribution in [2.24, 2.45) is 0 Å². The van der Waals surface area contributed by atoms with Crippen LogP contribution in [0.1, 0.15) is 23.2 Å².